The molecule has 22 heavy (non-hydrogen) atoms. The van der Waals surface area contributed by atoms with E-state index in [4.69, 9.17) is 11.8 Å². The van der Waals surface area contributed by atoms with Crippen molar-refractivity contribution >= 4 is 33.9 Å². The van der Waals surface area contributed by atoms with Crippen molar-refractivity contribution in [3.63, 3.8) is 0 Å². The lowest BCUT2D eigenvalue weighted by atomic mass is 10.1. The number of hydrazone groups is 1. The Bertz CT molecular complexity index is 848. The molecule has 3 aromatic rings. The number of halogens is 1. The number of fused-ring (bicyclic) bond motifs is 1. The summed E-state index contributed by atoms with van der Waals surface area (Å²) in [7, 11) is 0. The molecule has 0 spiro atoms. The molecule has 0 amide bonds. The number of hydrogen-bond donors (Lipinski definition) is 1. The van der Waals surface area contributed by atoms with Gasteiger partial charge in [0, 0.05) is 18.0 Å². The van der Waals surface area contributed by atoms with Crippen molar-refractivity contribution in [2.75, 3.05) is 4.53 Å². The van der Waals surface area contributed by atoms with E-state index < -0.39 is 0 Å². The number of nitrogens with zero attached hydrogens (tertiary/aromatic N) is 3. The zero-order valence-electron chi connectivity index (χ0n) is 11.9. The molecule has 0 atom stereocenters. The molecule has 3 rings (SSSR count). The number of hydrogen-bond acceptors (Lipinski definition) is 4. The minimum Gasteiger partial charge on any atom is -0.506 e. The maximum absolute atomic E-state index is 9.80. The van der Waals surface area contributed by atoms with Gasteiger partial charge in [-0.3, -0.25) is 4.98 Å². The van der Waals surface area contributed by atoms with Gasteiger partial charge in [-0.1, -0.05) is 30.3 Å². The van der Waals surface area contributed by atoms with Crippen LogP contribution in [0.2, 0.25) is 0 Å². The summed E-state index contributed by atoms with van der Waals surface area (Å²) in [5, 5.41) is 16.3. The van der Waals surface area contributed by atoms with Crippen LogP contribution in [0.1, 0.15) is 12.6 Å². The molecule has 0 aliphatic carbocycles. The Morgan fingerprint density at radius 3 is 2.64 bits per heavy atom. The molecule has 110 valence electrons. The SMILES string of the molecule is CC(=NN(Cl)c1ccc2ccccc2c1)c1ncccc1O. The first-order valence-electron chi connectivity index (χ1n) is 6.79. The quantitative estimate of drug-likeness (QED) is 0.445. The van der Waals surface area contributed by atoms with Crippen LogP contribution in [0.15, 0.2) is 65.9 Å². The van der Waals surface area contributed by atoms with E-state index in [1.165, 1.54) is 4.53 Å². The number of aromatic hydroxyl groups is 1. The molecule has 0 aliphatic heterocycles. The molecule has 4 nitrogen and oxygen atoms in total. The van der Waals surface area contributed by atoms with Crippen molar-refractivity contribution < 1.29 is 5.11 Å². The van der Waals surface area contributed by atoms with Crippen molar-refractivity contribution in [3.8, 4) is 5.75 Å². The number of anilines is 1. The summed E-state index contributed by atoms with van der Waals surface area (Å²) >= 11 is 6.24. The fourth-order valence-corrected chi connectivity index (χ4v) is 2.42. The van der Waals surface area contributed by atoms with Gasteiger partial charge in [0.25, 0.3) is 0 Å². The van der Waals surface area contributed by atoms with Crippen LogP contribution in [0.25, 0.3) is 10.8 Å². The second-order valence-electron chi connectivity index (χ2n) is 4.85. The summed E-state index contributed by atoms with van der Waals surface area (Å²) in [4.78, 5) is 4.11. The van der Waals surface area contributed by atoms with E-state index in [0.717, 1.165) is 16.5 Å². The molecule has 0 fully saturated rings. The molecule has 2 aromatic carbocycles. The van der Waals surface area contributed by atoms with Crippen LogP contribution in [-0.4, -0.2) is 15.8 Å². The minimum absolute atomic E-state index is 0.0762. The van der Waals surface area contributed by atoms with Gasteiger partial charge in [-0.2, -0.15) is 9.63 Å². The van der Waals surface area contributed by atoms with Crippen LogP contribution in [0.3, 0.4) is 0 Å². The van der Waals surface area contributed by atoms with E-state index in [-0.39, 0.29) is 5.75 Å². The topological polar surface area (TPSA) is 48.7 Å². The van der Waals surface area contributed by atoms with Crippen LogP contribution in [0, 0.1) is 0 Å². The molecular formula is C17H14ClN3O. The third-order valence-electron chi connectivity index (χ3n) is 3.31. The molecule has 1 N–H and O–H groups in total. The Hall–Kier alpha value is -2.59. The summed E-state index contributed by atoms with van der Waals surface area (Å²) < 4.78 is 1.26. The van der Waals surface area contributed by atoms with E-state index in [2.05, 4.69) is 10.1 Å². The van der Waals surface area contributed by atoms with Crippen molar-refractivity contribution in [2.24, 2.45) is 5.10 Å². The number of pyridine rings is 1. The maximum Gasteiger partial charge on any atom is 0.143 e. The second-order valence-corrected chi connectivity index (χ2v) is 5.17. The molecule has 1 aromatic heterocycles. The van der Waals surface area contributed by atoms with Crippen LogP contribution >= 0.6 is 11.8 Å². The van der Waals surface area contributed by atoms with E-state index in [9.17, 15) is 5.11 Å². The molecule has 0 aliphatic rings. The van der Waals surface area contributed by atoms with Gasteiger partial charge in [-0.25, -0.2) is 0 Å². The molecule has 0 saturated heterocycles. The highest BCUT2D eigenvalue weighted by Gasteiger charge is 2.09. The molecule has 0 radical (unpaired) electrons. The highest BCUT2D eigenvalue weighted by Crippen LogP contribution is 2.24. The first-order chi connectivity index (χ1) is 10.6. The first kappa shape index (κ1) is 14.4. The van der Waals surface area contributed by atoms with Gasteiger partial charge in [0.1, 0.15) is 11.4 Å². The Kier molecular flexibility index (Phi) is 3.94. The monoisotopic (exact) mass is 311 g/mol. The Balaban J connectivity index is 1.93. The minimum atomic E-state index is 0.0762. The molecule has 5 heteroatoms. The van der Waals surface area contributed by atoms with Crippen molar-refractivity contribution in [1.82, 2.24) is 4.98 Å². The van der Waals surface area contributed by atoms with Gasteiger partial charge >= 0.3 is 0 Å². The van der Waals surface area contributed by atoms with Crippen LogP contribution < -0.4 is 4.53 Å². The van der Waals surface area contributed by atoms with E-state index in [1.54, 1.807) is 25.3 Å². The molecule has 1 heterocycles. The van der Waals surface area contributed by atoms with Gasteiger partial charge < -0.3 is 5.11 Å². The lowest BCUT2D eigenvalue weighted by Gasteiger charge is -2.12. The van der Waals surface area contributed by atoms with Crippen LogP contribution in [0.4, 0.5) is 5.69 Å². The zero-order chi connectivity index (χ0) is 15.5. The van der Waals surface area contributed by atoms with Crippen LogP contribution in [0.5, 0.6) is 5.75 Å². The van der Waals surface area contributed by atoms with Gasteiger partial charge in [0.05, 0.1) is 11.4 Å². The van der Waals surface area contributed by atoms with E-state index >= 15 is 0 Å². The predicted molar refractivity (Wildman–Crippen MR) is 90.4 cm³/mol. The molecule has 0 unspecified atom stereocenters. The fourth-order valence-electron chi connectivity index (χ4n) is 2.20. The van der Waals surface area contributed by atoms with Crippen molar-refractivity contribution in [1.29, 1.82) is 0 Å². The van der Waals surface area contributed by atoms with Gasteiger partial charge in [0.15, 0.2) is 0 Å². The number of rotatable bonds is 3. The Labute approximate surface area is 133 Å². The average Bonchev–Trinajstić information content (AvgIpc) is 2.54. The van der Waals surface area contributed by atoms with Crippen molar-refractivity contribution in [2.45, 2.75) is 6.92 Å². The number of aromatic nitrogens is 1. The summed E-state index contributed by atoms with van der Waals surface area (Å²) in [6, 6.07) is 17.1. The van der Waals surface area contributed by atoms with Crippen LogP contribution in [-0.2, 0) is 0 Å². The number of benzene rings is 2. The van der Waals surface area contributed by atoms with E-state index in [0.29, 0.717) is 11.4 Å². The van der Waals surface area contributed by atoms with Gasteiger partial charge in [-0.15, -0.1) is 0 Å². The lowest BCUT2D eigenvalue weighted by Crippen LogP contribution is -2.08. The first-order valence-corrected chi connectivity index (χ1v) is 7.13. The standard InChI is InChI=1S/C17H14ClN3O/c1-12(17-16(22)7-4-10-19-17)20-21(18)15-9-8-13-5-2-3-6-14(13)11-15/h2-11,22H,1H3. The summed E-state index contributed by atoms with van der Waals surface area (Å²) in [6.45, 7) is 1.75. The third kappa shape index (κ3) is 2.87. The summed E-state index contributed by atoms with van der Waals surface area (Å²) in [5.74, 6) is 0.0762. The average molecular weight is 312 g/mol. The summed E-state index contributed by atoms with van der Waals surface area (Å²) in [6.07, 6.45) is 1.60. The molecule has 0 bridgehead atoms. The van der Waals surface area contributed by atoms with Gasteiger partial charge in [0.2, 0.25) is 0 Å². The zero-order valence-corrected chi connectivity index (χ0v) is 12.7. The normalized spacial score (nSPS) is 11.6. The fraction of sp³-hybridized carbons (Fsp3) is 0.0588. The van der Waals surface area contributed by atoms with Crippen molar-refractivity contribution in [3.05, 3.63) is 66.5 Å². The third-order valence-corrected chi connectivity index (χ3v) is 3.58. The lowest BCUT2D eigenvalue weighted by molar-refractivity contribution is 0.471. The maximum atomic E-state index is 9.80. The highest BCUT2D eigenvalue weighted by atomic mass is 35.5. The smallest absolute Gasteiger partial charge is 0.143 e. The largest absolute Gasteiger partial charge is 0.506 e. The Morgan fingerprint density at radius 1 is 1.09 bits per heavy atom. The highest BCUT2D eigenvalue weighted by molar-refractivity contribution is 6.26. The van der Waals surface area contributed by atoms with Gasteiger partial charge in [-0.05, 0) is 42.0 Å². The second kappa shape index (κ2) is 6.03. The predicted octanol–water partition coefficient (Wildman–Crippen LogP) is 4.32. The summed E-state index contributed by atoms with van der Waals surface area (Å²) in [5.41, 5.74) is 1.69. The molecular weight excluding hydrogens is 298 g/mol. The Morgan fingerprint density at radius 2 is 1.86 bits per heavy atom. The van der Waals surface area contributed by atoms with E-state index in [1.807, 2.05) is 42.5 Å². The molecule has 0 saturated carbocycles.